The lowest BCUT2D eigenvalue weighted by molar-refractivity contribution is 0.102. The molecule has 0 unspecified atom stereocenters. The minimum Gasteiger partial charge on any atom is -0.321 e. The lowest BCUT2D eigenvalue weighted by Gasteiger charge is -2.08. The number of rotatable bonds is 2. The van der Waals surface area contributed by atoms with Crippen molar-refractivity contribution < 1.29 is 4.79 Å². The second kappa shape index (κ2) is 6.26. The number of benzene rings is 1. The fourth-order valence-corrected chi connectivity index (χ4v) is 2.62. The molecule has 19 heavy (non-hydrogen) atoms. The maximum absolute atomic E-state index is 12.1. The second-order valence-corrected chi connectivity index (χ2v) is 6.01. The number of hydrogen-bond donors (Lipinski definition) is 1. The molecule has 0 atom stereocenters. The highest BCUT2D eigenvalue weighted by Gasteiger charge is 2.13. The van der Waals surface area contributed by atoms with Gasteiger partial charge < -0.3 is 5.32 Å². The minimum atomic E-state index is -0.391. The van der Waals surface area contributed by atoms with Gasteiger partial charge in [-0.1, -0.05) is 34.8 Å². The summed E-state index contributed by atoms with van der Waals surface area (Å²) in [7, 11) is 0. The molecule has 1 aromatic heterocycles. The first kappa shape index (κ1) is 14.8. The lowest BCUT2D eigenvalue weighted by atomic mass is 10.2. The van der Waals surface area contributed by atoms with Crippen molar-refractivity contribution in [1.29, 1.82) is 0 Å². The maximum atomic E-state index is 12.1. The number of pyridine rings is 1. The summed E-state index contributed by atoms with van der Waals surface area (Å²) in [5.41, 5.74) is 0.757. The van der Waals surface area contributed by atoms with Gasteiger partial charge in [0, 0.05) is 9.77 Å². The van der Waals surface area contributed by atoms with E-state index in [1.807, 2.05) is 6.07 Å². The highest BCUT2D eigenvalue weighted by molar-refractivity contribution is 14.1. The molecule has 0 radical (unpaired) electrons. The molecule has 0 bridgehead atoms. The van der Waals surface area contributed by atoms with Crippen molar-refractivity contribution in [2.75, 3.05) is 5.32 Å². The molecule has 7 heteroatoms. The van der Waals surface area contributed by atoms with Crippen LogP contribution in [0.5, 0.6) is 0 Å². The summed E-state index contributed by atoms with van der Waals surface area (Å²) in [6, 6.07) is 6.71. The van der Waals surface area contributed by atoms with Crippen molar-refractivity contribution in [3.8, 4) is 0 Å². The van der Waals surface area contributed by atoms with Crippen LogP contribution in [0, 0.1) is 3.57 Å². The van der Waals surface area contributed by atoms with E-state index in [2.05, 4.69) is 32.9 Å². The fourth-order valence-electron chi connectivity index (χ4n) is 1.37. The molecular formula is C12H6Cl3IN2O. The molecule has 0 aliphatic rings. The molecule has 0 fully saturated rings. The molecule has 2 aromatic rings. The van der Waals surface area contributed by atoms with Gasteiger partial charge >= 0.3 is 0 Å². The van der Waals surface area contributed by atoms with Crippen molar-refractivity contribution in [3.63, 3.8) is 0 Å². The van der Waals surface area contributed by atoms with Gasteiger partial charge in [0.05, 0.1) is 21.3 Å². The Labute approximate surface area is 138 Å². The van der Waals surface area contributed by atoms with Crippen LogP contribution in [0.25, 0.3) is 0 Å². The van der Waals surface area contributed by atoms with Gasteiger partial charge in [0.15, 0.2) is 0 Å². The predicted octanol–water partition coefficient (Wildman–Crippen LogP) is 4.90. The van der Waals surface area contributed by atoms with Crippen LogP contribution >= 0.6 is 57.4 Å². The molecule has 0 saturated carbocycles. The van der Waals surface area contributed by atoms with E-state index in [0.717, 1.165) is 3.57 Å². The van der Waals surface area contributed by atoms with E-state index in [4.69, 9.17) is 34.8 Å². The first-order valence-corrected chi connectivity index (χ1v) is 7.26. The summed E-state index contributed by atoms with van der Waals surface area (Å²) in [5, 5.41) is 3.55. The Morgan fingerprint density at radius 2 is 1.89 bits per heavy atom. The summed E-state index contributed by atoms with van der Waals surface area (Å²) >= 11 is 19.8. The fraction of sp³-hybridized carbons (Fsp3) is 0. The van der Waals surface area contributed by atoms with Gasteiger partial charge in [-0.25, -0.2) is 4.98 Å². The number of carbonyl (C=O) groups excluding carboxylic acids is 1. The smallest absolute Gasteiger partial charge is 0.257 e. The second-order valence-electron chi connectivity index (χ2n) is 3.57. The van der Waals surface area contributed by atoms with Gasteiger partial charge in [0.25, 0.3) is 5.91 Å². The maximum Gasteiger partial charge on any atom is 0.257 e. The van der Waals surface area contributed by atoms with Crippen LogP contribution in [-0.4, -0.2) is 10.9 Å². The third-order valence-electron chi connectivity index (χ3n) is 2.25. The first-order chi connectivity index (χ1) is 8.97. The van der Waals surface area contributed by atoms with Gasteiger partial charge in [0.1, 0.15) is 5.15 Å². The lowest BCUT2D eigenvalue weighted by Crippen LogP contribution is -2.13. The van der Waals surface area contributed by atoms with Crippen LogP contribution in [0.1, 0.15) is 10.4 Å². The highest BCUT2D eigenvalue weighted by Crippen LogP contribution is 2.25. The Bertz CT molecular complexity index is 649. The van der Waals surface area contributed by atoms with Crippen LogP contribution in [0.3, 0.4) is 0 Å². The molecule has 0 aliphatic carbocycles. The largest absolute Gasteiger partial charge is 0.321 e. The molecule has 1 heterocycles. The van der Waals surface area contributed by atoms with Crippen molar-refractivity contribution in [2.45, 2.75) is 0 Å². The zero-order valence-electron chi connectivity index (χ0n) is 9.25. The van der Waals surface area contributed by atoms with Crippen LogP contribution < -0.4 is 5.32 Å². The van der Waals surface area contributed by atoms with Crippen LogP contribution in [0.4, 0.5) is 5.69 Å². The van der Waals surface area contributed by atoms with Crippen LogP contribution in [0.2, 0.25) is 15.2 Å². The monoisotopic (exact) mass is 426 g/mol. The Morgan fingerprint density at radius 1 is 1.16 bits per heavy atom. The van der Waals surface area contributed by atoms with Gasteiger partial charge in [-0.2, -0.15) is 0 Å². The molecule has 0 spiro atoms. The molecular weight excluding hydrogens is 421 g/mol. The number of nitrogens with zero attached hydrogens (tertiary/aromatic N) is 1. The number of nitrogens with one attached hydrogen (secondary N) is 1. The molecule has 3 nitrogen and oxygen atoms in total. The summed E-state index contributed by atoms with van der Waals surface area (Å²) in [4.78, 5) is 15.9. The van der Waals surface area contributed by atoms with Gasteiger partial charge in [-0.05, 0) is 46.9 Å². The number of hydrogen-bond acceptors (Lipinski definition) is 2. The third-order valence-corrected chi connectivity index (χ3v) is 3.74. The minimum absolute atomic E-state index is 0.197. The topological polar surface area (TPSA) is 42.0 Å². The zero-order valence-corrected chi connectivity index (χ0v) is 13.7. The average Bonchev–Trinajstić information content (AvgIpc) is 2.35. The summed E-state index contributed by atoms with van der Waals surface area (Å²) in [6.45, 7) is 0. The van der Waals surface area contributed by atoms with Crippen LogP contribution in [0.15, 0.2) is 30.5 Å². The Kier molecular flexibility index (Phi) is 4.89. The van der Waals surface area contributed by atoms with E-state index < -0.39 is 5.91 Å². The van der Waals surface area contributed by atoms with Crippen LogP contribution in [-0.2, 0) is 0 Å². The number of anilines is 1. The number of halogens is 4. The average molecular weight is 427 g/mol. The molecule has 2 rings (SSSR count). The summed E-state index contributed by atoms with van der Waals surface area (Å²) < 4.78 is 0.977. The summed E-state index contributed by atoms with van der Waals surface area (Å²) in [5.74, 6) is -0.391. The molecule has 0 aliphatic heterocycles. The Hall–Kier alpha value is -0.560. The SMILES string of the molecule is O=C(Nc1ccc(I)cc1Cl)c1cc(Cl)ncc1Cl. The predicted molar refractivity (Wildman–Crippen MR) is 86.4 cm³/mol. The van der Waals surface area contributed by atoms with E-state index in [-0.39, 0.29) is 15.7 Å². The standard InChI is InChI=1S/C12H6Cl3IN2O/c13-8-3-6(16)1-2-10(8)18-12(19)7-4-11(15)17-5-9(7)14/h1-5H,(H,18,19). The van der Waals surface area contributed by atoms with Gasteiger partial charge in [-0.15, -0.1) is 0 Å². The van der Waals surface area contributed by atoms with E-state index >= 15 is 0 Å². The Balaban J connectivity index is 2.28. The van der Waals surface area contributed by atoms with E-state index in [1.165, 1.54) is 12.3 Å². The molecule has 1 aromatic carbocycles. The van der Waals surface area contributed by atoms with E-state index in [0.29, 0.717) is 10.7 Å². The van der Waals surface area contributed by atoms with Crippen molar-refractivity contribution in [2.24, 2.45) is 0 Å². The zero-order chi connectivity index (χ0) is 14.0. The molecule has 1 amide bonds. The number of amides is 1. The summed E-state index contributed by atoms with van der Waals surface area (Å²) in [6.07, 6.45) is 1.33. The van der Waals surface area contributed by atoms with E-state index in [9.17, 15) is 4.79 Å². The highest BCUT2D eigenvalue weighted by atomic mass is 127. The third kappa shape index (κ3) is 3.72. The van der Waals surface area contributed by atoms with Crippen molar-refractivity contribution >= 4 is 69.0 Å². The molecule has 0 saturated heterocycles. The molecule has 98 valence electrons. The number of aromatic nitrogens is 1. The Morgan fingerprint density at radius 3 is 2.58 bits per heavy atom. The molecule has 1 N–H and O–H groups in total. The van der Waals surface area contributed by atoms with Gasteiger partial charge in [-0.3, -0.25) is 4.79 Å². The quantitative estimate of drug-likeness (QED) is 0.547. The van der Waals surface area contributed by atoms with E-state index in [1.54, 1.807) is 12.1 Å². The normalized spacial score (nSPS) is 10.3. The first-order valence-electron chi connectivity index (χ1n) is 5.05. The number of carbonyl (C=O) groups is 1. The van der Waals surface area contributed by atoms with Gasteiger partial charge in [0.2, 0.25) is 0 Å². The van der Waals surface area contributed by atoms with Crippen molar-refractivity contribution in [3.05, 3.63) is 54.8 Å². The van der Waals surface area contributed by atoms with Crippen molar-refractivity contribution in [1.82, 2.24) is 4.98 Å².